The molecule has 1 atom stereocenters. The second-order valence-electron chi connectivity index (χ2n) is 10.4. The minimum Gasteiger partial charge on any atom is -0.449 e. The van der Waals surface area contributed by atoms with Gasteiger partial charge in [-0.3, -0.25) is 14.9 Å². The van der Waals surface area contributed by atoms with Gasteiger partial charge in [0, 0.05) is 31.4 Å². The molecule has 3 aromatic carbocycles. The maximum absolute atomic E-state index is 14.1. The Bertz CT molecular complexity index is 1820. The molecule has 0 saturated carbocycles. The minimum atomic E-state index is -3.71. The molecule has 11 nitrogen and oxygen atoms in total. The second-order valence-corrected chi connectivity index (χ2v) is 12.9. The van der Waals surface area contributed by atoms with Gasteiger partial charge in [0.2, 0.25) is 5.91 Å². The van der Waals surface area contributed by atoms with Gasteiger partial charge in [-0.05, 0) is 66.9 Å². The number of fused-ring (bicyclic) bond motifs is 10. The smallest absolute Gasteiger partial charge is 0.411 e. The first-order chi connectivity index (χ1) is 20.0. The van der Waals surface area contributed by atoms with E-state index in [0.29, 0.717) is 39.8 Å². The van der Waals surface area contributed by atoms with Crippen LogP contribution in [-0.2, 0) is 32.3 Å². The average molecular weight is 590 g/mol. The van der Waals surface area contributed by atoms with Crippen molar-refractivity contribution in [1.29, 1.82) is 0 Å². The molecule has 0 saturated heterocycles. The first kappa shape index (κ1) is 28.8. The van der Waals surface area contributed by atoms with Crippen LogP contribution in [0.25, 0.3) is 10.9 Å². The van der Waals surface area contributed by atoms with Gasteiger partial charge in [-0.25, -0.2) is 18.2 Å². The number of amides is 2. The van der Waals surface area contributed by atoms with Crippen LogP contribution in [0, 0.1) is 0 Å². The Morgan fingerprint density at radius 3 is 2.52 bits per heavy atom. The number of hydrogen-bond donors (Lipinski definition) is 3. The van der Waals surface area contributed by atoms with Gasteiger partial charge in [-0.2, -0.15) is 0 Å². The topological polar surface area (TPSA) is 151 Å². The van der Waals surface area contributed by atoms with Gasteiger partial charge in [-0.1, -0.05) is 24.3 Å². The van der Waals surface area contributed by atoms with Crippen molar-refractivity contribution >= 4 is 44.1 Å². The lowest BCUT2D eigenvalue weighted by atomic mass is 10.0. The van der Waals surface area contributed by atoms with Crippen molar-refractivity contribution < 1.29 is 22.7 Å². The van der Waals surface area contributed by atoms with E-state index in [1.54, 1.807) is 45.2 Å². The summed E-state index contributed by atoms with van der Waals surface area (Å²) in [7, 11) is -2.12. The number of hydrogen-bond acceptors (Lipinski definition) is 8. The number of benzene rings is 3. The molecular weight excluding hydrogens is 558 g/mol. The molecule has 4 aromatic rings. The van der Waals surface area contributed by atoms with Gasteiger partial charge in [0.05, 0.1) is 34.0 Å². The number of anilines is 2. The Morgan fingerprint density at radius 2 is 1.79 bits per heavy atom. The first-order valence-corrected chi connectivity index (χ1v) is 15.0. The van der Waals surface area contributed by atoms with E-state index in [9.17, 15) is 22.8 Å². The van der Waals surface area contributed by atoms with E-state index in [1.165, 1.54) is 23.4 Å². The van der Waals surface area contributed by atoms with Gasteiger partial charge in [-0.15, -0.1) is 0 Å². The van der Waals surface area contributed by atoms with E-state index < -0.39 is 27.2 Å². The largest absolute Gasteiger partial charge is 0.449 e. The van der Waals surface area contributed by atoms with E-state index in [0.717, 1.165) is 5.56 Å². The normalized spacial score (nSPS) is 16.4. The number of H-pyrrole nitrogens is 1. The Morgan fingerprint density at radius 1 is 1.02 bits per heavy atom. The van der Waals surface area contributed by atoms with Gasteiger partial charge >= 0.3 is 6.09 Å². The molecule has 1 unspecified atom stereocenters. The summed E-state index contributed by atoms with van der Waals surface area (Å²) >= 11 is 0. The number of ether oxygens (including phenoxy) is 1. The summed E-state index contributed by atoms with van der Waals surface area (Å²) in [5, 5.41) is 5.58. The Kier molecular flexibility index (Phi) is 7.99. The molecule has 0 radical (unpaired) electrons. The van der Waals surface area contributed by atoms with Crippen molar-refractivity contribution in [3.8, 4) is 0 Å². The summed E-state index contributed by atoms with van der Waals surface area (Å²) in [5.74, 6) is -0.333. The quantitative estimate of drug-likeness (QED) is 0.323. The molecular formula is C30H31N5O6S. The van der Waals surface area contributed by atoms with Crippen LogP contribution in [0.3, 0.4) is 0 Å². The third-order valence-electron chi connectivity index (χ3n) is 7.15. The molecule has 218 valence electrons. The maximum atomic E-state index is 14.1. The number of sulfone groups is 1. The van der Waals surface area contributed by atoms with E-state index in [1.807, 2.05) is 24.3 Å². The summed E-state index contributed by atoms with van der Waals surface area (Å²) in [4.78, 5) is 47.1. The van der Waals surface area contributed by atoms with E-state index >= 15 is 0 Å². The predicted molar refractivity (Wildman–Crippen MR) is 159 cm³/mol. The molecule has 3 heterocycles. The van der Waals surface area contributed by atoms with Crippen molar-refractivity contribution in [3.63, 3.8) is 0 Å². The van der Waals surface area contributed by atoms with Crippen molar-refractivity contribution in [2.45, 2.75) is 43.0 Å². The Hall–Kier alpha value is -4.71. The fourth-order valence-electron chi connectivity index (χ4n) is 4.77. The van der Waals surface area contributed by atoms with Crippen LogP contribution in [0.4, 0.5) is 16.2 Å². The number of nitrogens with zero attached hydrogens (tertiary/aromatic N) is 2. The lowest BCUT2D eigenvalue weighted by Crippen LogP contribution is -2.35. The number of rotatable bonds is 4. The van der Waals surface area contributed by atoms with E-state index in [2.05, 4.69) is 20.6 Å². The number of aromatic amines is 1. The van der Waals surface area contributed by atoms with Crippen molar-refractivity contribution in [1.82, 2.24) is 14.9 Å². The SMILES string of the molecule is CC(C)S(=O)(=O)c1ccc2cc1CN(C)C(=O)C(Nc1ccc3nc[nH]c(=O)c3c1)c1ccc(cc1)CCOC(=O)N2. The summed E-state index contributed by atoms with van der Waals surface area (Å²) in [6.07, 6.45) is 1.12. The monoisotopic (exact) mass is 589 g/mol. The van der Waals surface area contributed by atoms with Crippen LogP contribution in [0.2, 0.25) is 0 Å². The van der Waals surface area contributed by atoms with Crippen LogP contribution >= 0.6 is 0 Å². The van der Waals surface area contributed by atoms with Crippen LogP contribution in [0.15, 0.2) is 76.7 Å². The highest BCUT2D eigenvalue weighted by Gasteiger charge is 2.28. The molecule has 42 heavy (non-hydrogen) atoms. The molecule has 12 heteroatoms. The average Bonchev–Trinajstić information content (AvgIpc) is 2.96. The molecule has 0 spiro atoms. The molecule has 2 aliphatic rings. The zero-order valence-corrected chi connectivity index (χ0v) is 24.2. The molecule has 1 aromatic heterocycles. The third kappa shape index (κ3) is 5.98. The lowest BCUT2D eigenvalue weighted by molar-refractivity contribution is -0.131. The number of aromatic nitrogens is 2. The number of nitrogens with one attached hydrogen (secondary N) is 3. The molecule has 0 aliphatic carbocycles. The Balaban J connectivity index is 1.57. The van der Waals surface area contributed by atoms with Gasteiger partial charge < -0.3 is 19.9 Å². The maximum Gasteiger partial charge on any atom is 0.411 e. The highest BCUT2D eigenvalue weighted by Crippen LogP contribution is 2.28. The summed E-state index contributed by atoms with van der Waals surface area (Å²) < 4.78 is 31.8. The van der Waals surface area contributed by atoms with E-state index in [-0.39, 0.29) is 29.5 Å². The molecule has 2 aliphatic heterocycles. The molecule has 3 N–H and O–H groups in total. The lowest BCUT2D eigenvalue weighted by Gasteiger charge is -2.27. The van der Waals surface area contributed by atoms with Crippen molar-refractivity contribution in [2.24, 2.45) is 0 Å². The second kappa shape index (κ2) is 11.6. The van der Waals surface area contributed by atoms with Crippen molar-refractivity contribution in [3.05, 3.63) is 94.0 Å². The highest BCUT2D eigenvalue weighted by molar-refractivity contribution is 7.92. The van der Waals surface area contributed by atoms with Crippen LogP contribution < -0.4 is 16.2 Å². The molecule has 6 rings (SSSR count). The minimum absolute atomic E-state index is 0.0533. The zero-order chi connectivity index (χ0) is 30.0. The zero-order valence-electron chi connectivity index (χ0n) is 23.4. The fourth-order valence-corrected chi connectivity index (χ4v) is 6.03. The van der Waals surface area contributed by atoms with Gasteiger partial charge in [0.25, 0.3) is 5.56 Å². The summed E-state index contributed by atoms with van der Waals surface area (Å²) in [5.41, 5.74) is 3.01. The summed E-state index contributed by atoms with van der Waals surface area (Å²) in [6.45, 7) is 3.25. The van der Waals surface area contributed by atoms with Crippen LogP contribution in [-0.4, -0.2) is 54.2 Å². The van der Waals surface area contributed by atoms with Crippen molar-refractivity contribution in [2.75, 3.05) is 24.3 Å². The fraction of sp³-hybridized carbons (Fsp3) is 0.267. The number of carbonyl (C=O) groups is 2. The Labute approximate surface area is 242 Å². The first-order valence-electron chi connectivity index (χ1n) is 13.4. The highest BCUT2D eigenvalue weighted by atomic mass is 32.2. The van der Waals surface area contributed by atoms with Gasteiger partial charge in [0.1, 0.15) is 6.04 Å². The molecule has 0 fully saturated rings. The third-order valence-corrected chi connectivity index (χ3v) is 9.41. The van der Waals surface area contributed by atoms with E-state index in [4.69, 9.17) is 4.74 Å². The molecule has 2 amide bonds. The predicted octanol–water partition coefficient (Wildman–Crippen LogP) is 4.02. The molecule has 4 bridgehead atoms. The van der Waals surface area contributed by atoms with Crippen LogP contribution in [0.5, 0.6) is 0 Å². The van der Waals surface area contributed by atoms with Gasteiger partial charge in [0.15, 0.2) is 9.84 Å². The van der Waals surface area contributed by atoms with Crippen LogP contribution in [0.1, 0.15) is 36.6 Å². The summed E-state index contributed by atoms with van der Waals surface area (Å²) in [6, 6.07) is 16.0. The standard InChI is InChI=1S/C30H31N5O6S/c1-18(2)42(39,40)26-11-9-22-14-21(26)16-35(3)29(37)27(20-6-4-19(5-7-20)12-13-41-30(38)34-22)33-23-8-10-25-24(15-23)28(36)32-17-31-25/h4-11,14-15,17-18,27,33H,12-13,16H2,1-3H3,(H,34,38)(H,31,32,36). The number of likely N-dealkylation sites (N-methyl/N-ethyl adjacent to an activating group) is 1. The number of carbonyl (C=O) groups excluding carboxylic acids is 2.